The highest BCUT2D eigenvalue weighted by Gasteiger charge is 2.71. The maximum atomic E-state index is 13.4. The molecule has 1 saturated heterocycles. The van der Waals surface area contributed by atoms with Crippen molar-refractivity contribution in [2.75, 3.05) is 0 Å². The number of carbonyl (C=O) groups is 2. The smallest absolute Gasteiger partial charge is 0.430 e. The van der Waals surface area contributed by atoms with E-state index in [9.17, 15) is 46.1 Å². The normalized spacial score (nSPS) is 18.0. The molecule has 2 atom stereocenters. The Balaban J connectivity index is 1.48. The van der Waals surface area contributed by atoms with Crippen LogP contribution in [0.1, 0.15) is 56.4 Å². The minimum Gasteiger partial charge on any atom is -0.491 e. The van der Waals surface area contributed by atoms with Crippen LogP contribution in [-0.2, 0) is 28.8 Å². The predicted octanol–water partition coefficient (Wildman–Crippen LogP) is 6.86. The van der Waals surface area contributed by atoms with Gasteiger partial charge in [-0.05, 0) is 80.3 Å². The van der Waals surface area contributed by atoms with E-state index >= 15 is 0 Å². The van der Waals surface area contributed by atoms with Crippen LogP contribution >= 0.6 is 0 Å². The van der Waals surface area contributed by atoms with Gasteiger partial charge in [0.1, 0.15) is 29.0 Å². The molecule has 3 N–H and O–H groups in total. The summed E-state index contributed by atoms with van der Waals surface area (Å²) in [6.45, 7) is 6.93. The van der Waals surface area contributed by atoms with Crippen LogP contribution in [0.3, 0.4) is 0 Å². The molecular formula is C33H34F6N2O6. The van der Waals surface area contributed by atoms with Gasteiger partial charge in [0, 0.05) is 12.0 Å². The summed E-state index contributed by atoms with van der Waals surface area (Å²) < 4.78 is 91.9. The molecule has 254 valence electrons. The van der Waals surface area contributed by atoms with Gasteiger partial charge in [0.25, 0.3) is 11.5 Å². The van der Waals surface area contributed by atoms with Crippen LogP contribution in [0.4, 0.5) is 31.1 Å². The second-order valence-electron chi connectivity index (χ2n) is 11.6. The van der Waals surface area contributed by atoms with Crippen LogP contribution in [0.2, 0.25) is 0 Å². The number of imide groups is 1. The van der Waals surface area contributed by atoms with Crippen LogP contribution in [0.5, 0.6) is 17.2 Å². The first-order chi connectivity index (χ1) is 21.8. The number of carbonyl (C=O) groups excluding carboxylic acids is 2. The number of nitrogens with zero attached hydrogens (tertiary/aromatic N) is 1. The molecule has 1 aliphatic rings. The second kappa shape index (κ2) is 13.1. The van der Waals surface area contributed by atoms with Crippen molar-refractivity contribution in [3.63, 3.8) is 0 Å². The summed E-state index contributed by atoms with van der Waals surface area (Å²) in [4.78, 5) is 26.9. The van der Waals surface area contributed by atoms with Crippen LogP contribution in [-0.4, -0.2) is 51.7 Å². The first-order valence-electron chi connectivity index (χ1n) is 14.7. The van der Waals surface area contributed by atoms with E-state index in [0.717, 1.165) is 11.0 Å². The molecule has 1 heterocycles. The molecule has 3 aromatic carbocycles. The highest BCUT2D eigenvalue weighted by atomic mass is 19.4. The number of urea groups is 1. The maximum Gasteiger partial charge on any atom is 0.430 e. The minimum atomic E-state index is -6.02. The third kappa shape index (κ3) is 7.03. The number of rotatable bonds is 11. The Kier molecular flexibility index (Phi) is 9.89. The molecule has 14 heteroatoms. The number of hydrogen-bond donors (Lipinski definition) is 3. The zero-order chi connectivity index (χ0) is 34.9. The summed E-state index contributed by atoms with van der Waals surface area (Å²) in [7, 11) is 0. The predicted molar refractivity (Wildman–Crippen MR) is 158 cm³/mol. The lowest BCUT2D eigenvalue weighted by atomic mass is 9.90. The van der Waals surface area contributed by atoms with Gasteiger partial charge in [0.05, 0.1) is 6.10 Å². The maximum absolute atomic E-state index is 13.4. The van der Waals surface area contributed by atoms with Crippen molar-refractivity contribution in [3.8, 4) is 17.2 Å². The largest absolute Gasteiger partial charge is 0.491 e. The molecule has 0 aromatic heterocycles. The lowest BCUT2D eigenvalue weighted by molar-refractivity contribution is -0.376. The van der Waals surface area contributed by atoms with E-state index in [1.54, 1.807) is 31.2 Å². The molecule has 1 fully saturated rings. The van der Waals surface area contributed by atoms with E-state index in [1.165, 1.54) is 31.2 Å². The van der Waals surface area contributed by atoms with Gasteiger partial charge in [-0.2, -0.15) is 26.3 Å². The van der Waals surface area contributed by atoms with Gasteiger partial charge >= 0.3 is 18.4 Å². The third-order valence-corrected chi connectivity index (χ3v) is 7.71. The number of aliphatic hydroxyl groups is 2. The van der Waals surface area contributed by atoms with Crippen LogP contribution in [0.15, 0.2) is 66.7 Å². The van der Waals surface area contributed by atoms with Gasteiger partial charge in [-0.1, -0.05) is 43.7 Å². The van der Waals surface area contributed by atoms with E-state index in [0.29, 0.717) is 35.4 Å². The average Bonchev–Trinajstić information content (AvgIpc) is 3.21. The molecule has 0 radical (unpaired) electrons. The number of ether oxygens (including phenoxy) is 2. The van der Waals surface area contributed by atoms with Crippen molar-refractivity contribution in [2.24, 2.45) is 0 Å². The SMILES string of the molecule is CCCc1cc(C(O)(C(F)(F)F)C(F)(F)F)ccc1Oc1ccc(CC(O)N2C(=O)NC(C)(c3ccc(OC(C)C)cc3)C2=O)cc1. The lowest BCUT2D eigenvalue weighted by Gasteiger charge is -2.33. The Hall–Kier alpha value is -4.30. The van der Waals surface area contributed by atoms with Crippen molar-refractivity contribution in [2.45, 2.75) is 82.8 Å². The average molecular weight is 669 g/mol. The van der Waals surface area contributed by atoms with Crippen molar-refractivity contribution < 1.29 is 55.6 Å². The molecule has 47 heavy (non-hydrogen) atoms. The fraction of sp³-hybridized carbons (Fsp3) is 0.394. The molecule has 2 unspecified atom stereocenters. The highest BCUT2D eigenvalue weighted by molar-refractivity contribution is 6.07. The second-order valence-corrected chi connectivity index (χ2v) is 11.6. The Morgan fingerprint density at radius 2 is 1.47 bits per heavy atom. The van der Waals surface area contributed by atoms with Gasteiger partial charge < -0.3 is 25.0 Å². The summed E-state index contributed by atoms with van der Waals surface area (Å²) in [5.41, 5.74) is -6.90. The summed E-state index contributed by atoms with van der Waals surface area (Å²) >= 11 is 0. The number of benzene rings is 3. The monoisotopic (exact) mass is 668 g/mol. The summed E-state index contributed by atoms with van der Waals surface area (Å²) in [5, 5.41) is 23.3. The van der Waals surface area contributed by atoms with Gasteiger partial charge in [-0.15, -0.1) is 0 Å². The molecule has 3 amide bonds. The van der Waals surface area contributed by atoms with E-state index in [4.69, 9.17) is 9.47 Å². The molecule has 3 aromatic rings. The lowest BCUT2D eigenvalue weighted by Crippen LogP contribution is -2.53. The van der Waals surface area contributed by atoms with E-state index in [1.807, 2.05) is 13.8 Å². The first-order valence-corrected chi connectivity index (χ1v) is 14.7. The van der Waals surface area contributed by atoms with Crippen molar-refractivity contribution in [1.29, 1.82) is 0 Å². The van der Waals surface area contributed by atoms with Gasteiger partial charge in [-0.25, -0.2) is 9.69 Å². The third-order valence-electron chi connectivity index (χ3n) is 7.71. The van der Waals surface area contributed by atoms with Gasteiger partial charge in [0.15, 0.2) is 0 Å². The summed E-state index contributed by atoms with van der Waals surface area (Å²) in [5.74, 6) is 0.0738. The number of halogens is 6. The van der Waals surface area contributed by atoms with Crippen LogP contribution in [0.25, 0.3) is 0 Å². The van der Waals surface area contributed by atoms with Crippen LogP contribution < -0.4 is 14.8 Å². The quantitative estimate of drug-likeness (QED) is 0.152. The van der Waals surface area contributed by atoms with Gasteiger partial charge in [-0.3, -0.25) is 4.79 Å². The Morgan fingerprint density at radius 1 is 0.894 bits per heavy atom. The number of aliphatic hydroxyl groups excluding tert-OH is 1. The molecule has 4 rings (SSSR count). The summed E-state index contributed by atoms with van der Waals surface area (Å²) in [6.07, 6.45) is -13.4. The first kappa shape index (κ1) is 35.6. The molecule has 0 bridgehead atoms. The molecule has 0 saturated carbocycles. The number of nitrogens with one attached hydrogen (secondary N) is 1. The Bertz CT molecular complexity index is 1580. The molecule has 1 aliphatic heterocycles. The van der Waals surface area contributed by atoms with Crippen LogP contribution in [0, 0.1) is 0 Å². The number of amides is 3. The molecular weight excluding hydrogens is 634 g/mol. The zero-order valence-corrected chi connectivity index (χ0v) is 25.9. The zero-order valence-electron chi connectivity index (χ0n) is 25.9. The molecule has 0 spiro atoms. The minimum absolute atomic E-state index is 0.0140. The molecule has 0 aliphatic carbocycles. The number of hydrogen-bond acceptors (Lipinski definition) is 6. The van der Waals surface area contributed by atoms with E-state index < -0.39 is 47.2 Å². The van der Waals surface area contributed by atoms with E-state index in [-0.39, 0.29) is 36.0 Å². The van der Waals surface area contributed by atoms with Gasteiger partial charge in [0.2, 0.25) is 0 Å². The topological polar surface area (TPSA) is 108 Å². The van der Waals surface area contributed by atoms with Crippen molar-refractivity contribution in [1.82, 2.24) is 10.2 Å². The standard InChI is InChI=1S/C33H34F6N2O6/c1-5-6-21-18-23(31(45,32(34,35)36)33(37,38)39)11-16-26(21)47-25-12-7-20(8-13-25)17-27(42)41-28(43)30(4,40-29(41)44)22-9-14-24(15-10-22)46-19(2)3/h7-16,18-19,27,42,45H,5-6,17H2,1-4H3,(H,40,44). The summed E-state index contributed by atoms with van der Waals surface area (Å²) in [6, 6.07) is 13.9. The van der Waals surface area contributed by atoms with Crippen molar-refractivity contribution >= 4 is 11.9 Å². The highest BCUT2D eigenvalue weighted by Crippen LogP contribution is 2.50. The molecule has 8 nitrogen and oxygen atoms in total. The Morgan fingerprint density at radius 3 is 2.00 bits per heavy atom. The number of aryl methyl sites for hydroxylation is 1. The van der Waals surface area contributed by atoms with E-state index in [2.05, 4.69) is 5.32 Å². The van der Waals surface area contributed by atoms with Crippen molar-refractivity contribution in [3.05, 3.63) is 89.0 Å². The fourth-order valence-corrected chi connectivity index (χ4v) is 5.25. The Labute approximate surface area is 266 Å². The number of alkyl halides is 6. The fourth-order valence-electron chi connectivity index (χ4n) is 5.25.